The summed E-state index contributed by atoms with van der Waals surface area (Å²) in [4.78, 5) is 23.1. The van der Waals surface area contributed by atoms with Crippen LogP contribution < -0.4 is 0 Å². The fraction of sp³-hybridized carbons (Fsp3) is 0.778. The van der Waals surface area contributed by atoms with Crippen LogP contribution in [0.25, 0.3) is 0 Å². The van der Waals surface area contributed by atoms with Crippen LogP contribution in [0.2, 0.25) is 104 Å². The van der Waals surface area contributed by atoms with Crippen molar-refractivity contribution in [1.82, 2.24) is 0 Å². The Balaban J connectivity index is 0. The average Bonchev–Trinajstić information content (AvgIpc) is 2.60. The molecular weight excluding hydrogens is 557 g/mol. The first kappa shape index (κ1) is 38.9. The van der Waals surface area contributed by atoms with Crippen molar-refractivity contribution in [2.45, 2.75) is 130 Å². The van der Waals surface area contributed by atoms with Crippen LogP contribution in [0.1, 0.15) is 20.3 Å². The van der Waals surface area contributed by atoms with Crippen molar-refractivity contribution in [3.8, 4) is 0 Å². The van der Waals surface area contributed by atoms with Crippen LogP contribution in [-0.4, -0.2) is 69.4 Å². The van der Waals surface area contributed by atoms with E-state index in [1.165, 1.54) is 6.04 Å². The minimum absolute atomic E-state index is 0.161. The van der Waals surface area contributed by atoms with Gasteiger partial charge in [0.2, 0.25) is 0 Å². The third kappa shape index (κ3) is 11.8. The maximum atomic E-state index is 11.6. The maximum Gasteiger partial charge on any atom is 0.333 e. The molecule has 0 rings (SSSR count). The zero-order valence-electron chi connectivity index (χ0n) is 27.7. The van der Waals surface area contributed by atoms with Crippen LogP contribution in [0.3, 0.4) is 0 Å². The Labute approximate surface area is 236 Å². The first-order valence-electron chi connectivity index (χ1n) is 13.7. The number of hydrogen-bond donors (Lipinski definition) is 0. The van der Waals surface area contributed by atoms with Gasteiger partial charge in [-0.05, 0) is 20.3 Å². The van der Waals surface area contributed by atoms with Gasteiger partial charge in [0.15, 0.2) is 0 Å². The maximum absolute atomic E-state index is 11.6. The van der Waals surface area contributed by atoms with Crippen molar-refractivity contribution in [2.24, 2.45) is 0 Å². The Morgan fingerprint density at radius 3 is 1.19 bits per heavy atom. The average molecular weight is 619 g/mol. The van der Waals surface area contributed by atoms with Crippen LogP contribution >= 0.6 is 0 Å². The Bertz CT molecular complexity index is 753. The smallest absolute Gasteiger partial charge is 0.333 e. The van der Waals surface area contributed by atoms with Gasteiger partial charge < -0.3 is 9.47 Å². The lowest BCUT2D eigenvalue weighted by molar-refractivity contribution is -0.139. The molecule has 0 spiro atoms. The van der Waals surface area contributed by atoms with Crippen LogP contribution in [0, 0.1) is 0 Å². The van der Waals surface area contributed by atoms with Gasteiger partial charge in [0.1, 0.15) is 0 Å². The SMILES string of the molecule is C=C(C)C(=O)OC([Si](C)(C)C)[Si](C)(C)C.C=C(C)C(=O)OCCC[Si]([Si](C)(C)C)([Si](C)(C)C)[Si](C)(C)C. The molecule has 10 heteroatoms. The zero-order chi connectivity index (χ0) is 30.4. The molecule has 0 amide bonds. The number of esters is 2. The second kappa shape index (κ2) is 13.9. The van der Waals surface area contributed by atoms with Gasteiger partial charge >= 0.3 is 11.9 Å². The van der Waals surface area contributed by atoms with E-state index >= 15 is 0 Å². The van der Waals surface area contributed by atoms with Gasteiger partial charge in [0.25, 0.3) is 0 Å². The second-order valence-electron chi connectivity index (χ2n) is 16.0. The van der Waals surface area contributed by atoms with E-state index in [0.717, 1.165) is 6.42 Å². The predicted molar refractivity (Wildman–Crippen MR) is 182 cm³/mol. The molecule has 0 unspecified atom stereocenters. The molecule has 0 radical (unpaired) electrons. The van der Waals surface area contributed by atoms with Gasteiger partial charge in [-0.25, -0.2) is 9.59 Å². The summed E-state index contributed by atoms with van der Waals surface area (Å²) < 4.78 is 11.0. The number of hydrogen-bond acceptors (Lipinski definition) is 4. The van der Waals surface area contributed by atoms with Crippen LogP contribution in [0.4, 0.5) is 0 Å². The first-order valence-corrected chi connectivity index (χ1v) is 36.6. The van der Waals surface area contributed by atoms with Gasteiger partial charge in [-0.3, -0.25) is 0 Å². The quantitative estimate of drug-likeness (QED) is 0.0953. The van der Waals surface area contributed by atoms with E-state index in [1.54, 1.807) is 13.8 Å². The summed E-state index contributed by atoms with van der Waals surface area (Å²) in [7, 11) is -6.51. The minimum Gasteiger partial charge on any atom is -0.467 e. The molecule has 0 aliphatic heterocycles. The lowest BCUT2D eigenvalue weighted by atomic mass is 10.4. The van der Waals surface area contributed by atoms with Crippen LogP contribution in [0.5, 0.6) is 0 Å². The molecule has 0 heterocycles. The van der Waals surface area contributed by atoms with Gasteiger partial charge in [0, 0.05) is 40.5 Å². The zero-order valence-corrected chi connectivity index (χ0v) is 33.7. The fourth-order valence-corrected chi connectivity index (χ4v) is 117. The molecular formula is C27H62O4Si6. The van der Waals surface area contributed by atoms with Gasteiger partial charge in [-0.15, -0.1) is 0 Å². The molecule has 0 atom stereocenters. The number of ether oxygens (including phenoxy) is 2. The standard InChI is InChI=1S/C16H38O2Si4.C11H24O2Si2/c1-15(2)16(17)18-13-12-14-22(19(3,4)5,20(6,7)8)21(9,10)11;1-9(2)10(12)13-11(14(3,4)5)15(6,7)8/h1,12-14H2,2-11H3;11H,1H2,2-8H3. The number of carbonyl (C=O) groups is 2. The van der Waals surface area contributed by atoms with Gasteiger partial charge in [-0.2, -0.15) is 0 Å². The highest BCUT2D eigenvalue weighted by Crippen LogP contribution is 2.40. The van der Waals surface area contributed by atoms with Crippen molar-refractivity contribution in [2.75, 3.05) is 6.61 Å². The monoisotopic (exact) mass is 618 g/mol. The van der Waals surface area contributed by atoms with E-state index in [9.17, 15) is 9.59 Å². The lowest BCUT2D eigenvalue weighted by Crippen LogP contribution is -2.82. The molecule has 0 bridgehead atoms. The molecule has 218 valence electrons. The molecule has 0 fully saturated rings. The molecule has 0 N–H and O–H groups in total. The van der Waals surface area contributed by atoms with Gasteiger partial charge in [-0.1, -0.05) is 117 Å². The van der Waals surface area contributed by atoms with E-state index in [1.807, 2.05) is 0 Å². The lowest BCUT2D eigenvalue weighted by Gasteiger charge is -2.58. The minimum atomic E-state index is -1.45. The Morgan fingerprint density at radius 1 is 0.622 bits per heavy atom. The summed E-state index contributed by atoms with van der Waals surface area (Å²) in [6.45, 7) is 46.9. The molecule has 0 aliphatic rings. The molecule has 4 nitrogen and oxygen atoms in total. The van der Waals surface area contributed by atoms with Crippen molar-refractivity contribution >= 4 is 57.5 Å². The highest BCUT2D eigenvalue weighted by Gasteiger charge is 2.60. The Morgan fingerprint density at radius 2 is 0.946 bits per heavy atom. The highest BCUT2D eigenvalue weighted by molar-refractivity contribution is 7.89. The summed E-state index contributed by atoms with van der Waals surface area (Å²) in [5, 5.41) is 0.161. The van der Waals surface area contributed by atoms with E-state index in [2.05, 4.69) is 111 Å². The van der Waals surface area contributed by atoms with Crippen LogP contribution in [-0.2, 0) is 19.1 Å². The molecule has 0 aliphatic carbocycles. The molecule has 0 saturated carbocycles. The van der Waals surface area contributed by atoms with Crippen molar-refractivity contribution in [1.29, 1.82) is 0 Å². The summed E-state index contributed by atoms with van der Waals surface area (Å²) in [5.41, 5.74) is 1.00. The van der Waals surface area contributed by atoms with Crippen molar-refractivity contribution in [3.05, 3.63) is 24.3 Å². The van der Waals surface area contributed by atoms with Crippen molar-refractivity contribution < 1.29 is 19.1 Å². The largest absolute Gasteiger partial charge is 0.467 e. The van der Waals surface area contributed by atoms with Gasteiger partial charge in [0.05, 0.1) is 28.1 Å². The Hall–Kier alpha value is -0.279. The molecule has 0 aromatic heterocycles. The summed E-state index contributed by atoms with van der Waals surface area (Å²) in [6, 6.07) is 1.36. The number of carbonyl (C=O) groups excluding carboxylic acids is 2. The molecule has 37 heavy (non-hydrogen) atoms. The topological polar surface area (TPSA) is 52.6 Å². The normalized spacial score (nSPS) is 13.5. The number of rotatable bonds is 12. The van der Waals surface area contributed by atoms with E-state index in [-0.39, 0.29) is 17.3 Å². The second-order valence-corrected chi connectivity index (χ2v) is 68.6. The van der Waals surface area contributed by atoms with Crippen molar-refractivity contribution in [3.63, 3.8) is 0 Å². The Kier molecular flexibility index (Phi) is 14.6. The fourth-order valence-electron chi connectivity index (χ4n) is 6.99. The summed E-state index contributed by atoms with van der Waals surface area (Å²) in [5.74, 6) is -0.467. The summed E-state index contributed by atoms with van der Waals surface area (Å²) in [6.07, 6.45) is 1.05. The van der Waals surface area contributed by atoms with E-state index < -0.39 is 45.5 Å². The molecule has 0 aromatic carbocycles. The summed E-state index contributed by atoms with van der Waals surface area (Å²) >= 11 is 0. The first-order chi connectivity index (χ1) is 16.0. The van der Waals surface area contributed by atoms with Crippen LogP contribution in [0.15, 0.2) is 24.3 Å². The molecule has 0 saturated heterocycles. The third-order valence-electron chi connectivity index (χ3n) is 7.27. The third-order valence-corrected chi connectivity index (χ3v) is 90.4. The van der Waals surface area contributed by atoms with E-state index in [0.29, 0.717) is 17.8 Å². The highest BCUT2D eigenvalue weighted by atomic mass is 29.9. The predicted octanol–water partition coefficient (Wildman–Crippen LogP) is 8.42. The van der Waals surface area contributed by atoms with E-state index in [4.69, 9.17) is 9.47 Å². The molecule has 0 aromatic rings.